The number of carbonyl (C=O) groups excluding carboxylic acids is 2. The zero-order valence-corrected chi connectivity index (χ0v) is 17.3. The largest absolute Gasteiger partial charge is 0.465 e. The van der Waals surface area contributed by atoms with Crippen molar-refractivity contribution in [1.29, 1.82) is 0 Å². The summed E-state index contributed by atoms with van der Waals surface area (Å²) >= 11 is 0. The number of hydrogen-bond acceptors (Lipinski definition) is 5. The first kappa shape index (κ1) is 21.0. The minimum Gasteiger partial charge on any atom is -0.465 e. The van der Waals surface area contributed by atoms with E-state index in [9.17, 15) is 9.59 Å². The van der Waals surface area contributed by atoms with E-state index in [1.54, 1.807) is 20.8 Å². The molecule has 0 spiro atoms. The predicted octanol–water partition coefficient (Wildman–Crippen LogP) is 3.46. The second kappa shape index (κ2) is 7.43. The Morgan fingerprint density at radius 2 is 1.83 bits per heavy atom. The third-order valence-corrected chi connectivity index (χ3v) is 9.08. The van der Waals surface area contributed by atoms with Gasteiger partial charge in [-0.25, -0.2) is 4.79 Å². The number of nitrogens with one attached hydrogen (secondary N) is 1. The standard InChI is InChI=1S/C17H33NO5Si/c1-16(2,3)23-15(20)18-13-9-14(19)21-10-12(13)11-22-24(7,8)17(4,5)6/h12-13H,9-11H2,1-8H3,(H,18,20). The zero-order chi connectivity index (χ0) is 18.8. The molecular weight excluding hydrogens is 326 g/mol. The maximum Gasteiger partial charge on any atom is 0.407 e. The van der Waals surface area contributed by atoms with Crippen molar-refractivity contribution in [2.45, 2.75) is 77.7 Å². The van der Waals surface area contributed by atoms with Gasteiger partial charge in [-0.1, -0.05) is 20.8 Å². The minimum atomic E-state index is -1.90. The topological polar surface area (TPSA) is 73.9 Å². The van der Waals surface area contributed by atoms with Crippen molar-refractivity contribution in [2.75, 3.05) is 13.2 Å². The Balaban J connectivity index is 2.69. The number of amides is 1. The molecule has 1 aliphatic heterocycles. The molecule has 0 bridgehead atoms. The van der Waals surface area contributed by atoms with Crippen LogP contribution in [0.3, 0.4) is 0 Å². The van der Waals surface area contributed by atoms with Gasteiger partial charge in [0.1, 0.15) is 5.60 Å². The number of hydrogen-bond donors (Lipinski definition) is 1. The van der Waals surface area contributed by atoms with Crippen LogP contribution in [0.15, 0.2) is 0 Å². The van der Waals surface area contributed by atoms with E-state index < -0.39 is 20.0 Å². The fourth-order valence-electron chi connectivity index (χ4n) is 2.05. The van der Waals surface area contributed by atoms with Gasteiger partial charge >= 0.3 is 12.1 Å². The highest BCUT2D eigenvalue weighted by Gasteiger charge is 2.40. The average Bonchev–Trinajstić information content (AvgIpc) is 2.33. The molecule has 0 aromatic rings. The van der Waals surface area contributed by atoms with Crippen molar-refractivity contribution >= 4 is 20.4 Å². The summed E-state index contributed by atoms with van der Waals surface area (Å²) in [5.41, 5.74) is -0.577. The van der Waals surface area contributed by atoms with Gasteiger partial charge in [0.2, 0.25) is 0 Å². The van der Waals surface area contributed by atoms with E-state index in [0.29, 0.717) is 6.61 Å². The summed E-state index contributed by atoms with van der Waals surface area (Å²) in [5.74, 6) is -0.371. The first-order valence-electron chi connectivity index (χ1n) is 8.50. The number of carbonyl (C=O) groups is 2. The van der Waals surface area contributed by atoms with Crippen LogP contribution >= 0.6 is 0 Å². The van der Waals surface area contributed by atoms with Crippen molar-refractivity contribution < 1.29 is 23.5 Å². The number of rotatable bonds is 4. The molecule has 1 rings (SSSR count). The molecular formula is C17H33NO5Si. The molecule has 2 atom stereocenters. The fourth-order valence-corrected chi connectivity index (χ4v) is 3.11. The molecule has 7 heteroatoms. The molecule has 1 N–H and O–H groups in total. The van der Waals surface area contributed by atoms with Gasteiger partial charge in [-0.05, 0) is 38.9 Å². The molecule has 1 amide bonds. The Hall–Kier alpha value is -1.08. The lowest BCUT2D eigenvalue weighted by Gasteiger charge is -2.39. The van der Waals surface area contributed by atoms with Crippen molar-refractivity contribution in [3.63, 3.8) is 0 Å². The van der Waals surface area contributed by atoms with Crippen LogP contribution in [0.1, 0.15) is 48.0 Å². The average molecular weight is 360 g/mol. The summed E-state index contributed by atoms with van der Waals surface area (Å²) in [6.45, 7) is 17.0. The molecule has 0 aliphatic carbocycles. The first-order valence-corrected chi connectivity index (χ1v) is 11.4. The Labute approximate surface area is 146 Å². The third kappa shape index (κ3) is 6.43. The number of cyclic esters (lactones) is 1. The van der Waals surface area contributed by atoms with Crippen molar-refractivity contribution in [3.05, 3.63) is 0 Å². The van der Waals surface area contributed by atoms with Crippen LogP contribution in [-0.2, 0) is 18.7 Å². The molecule has 6 nitrogen and oxygen atoms in total. The fraction of sp³-hybridized carbons (Fsp3) is 0.882. The highest BCUT2D eigenvalue weighted by atomic mass is 28.4. The van der Waals surface area contributed by atoms with Gasteiger partial charge in [0, 0.05) is 12.5 Å². The molecule has 0 aromatic heterocycles. The van der Waals surface area contributed by atoms with Crippen LogP contribution in [0.25, 0.3) is 0 Å². The van der Waals surface area contributed by atoms with Crippen molar-refractivity contribution in [2.24, 2.45) is 5.92 Å². The van der Waals surface area contributed by atoms with Crippen LogP contribution in [0.4, 0.5) is 4.79 Å². The minimum absolute atomic E-state index is 0.0654. The summed E-state index contributed by atoms with van der Waals surface area (Å²) in [6.07, 6.45) is -0.371. The lowest BCUT2D eigenvalue weighted by atomic mass is 9.96. The summed E-state index contributed by atoms with van der Waals surface area (Å²) in [7, 11) is -1.90. The molecule has 2 unspecified atom stereocenters. The number of esters is 1. The second-order valence-electron chi connectivity index (χ2n) is 8.97. The number of alkyl carbamates (subject to hydrolysis) is 1. The molecule has 0 radical (unpaired) electrons. The van der Waals surface area contributed by atoms with Gasteiger partial charge in [-0.3, -0.25) is 4.79 Å². The highest BCUT2D eigenvalue weighted by molar-refractivity contribution is 6.74. The smallest absolute Gasteiger partial charge is 0.407 e. The van der Waals surface area contributed by atoms with Crippen LogP contribution < -0.4 is 5.32 Å². The quantitative estimate of drug-likeness (QED) is 0.614. The molecule has 1 heterocycles. The summed E-state index contributed by atoms with van der Waals surface area (Å²) in [6, 6.07) is -0.328. The zero-order valence-electron chi connectivity index (χ0n) is 16.3. The third-order valence-electron chi connectivity index (χ3n) is 4.58. The molecule has 140 valence electrons. The maximum atomic E-state index is 12.0. The monoisotopic (exact) mass is 359 g/mol. The first-order chi connectivity index (χ1) is 10.7. The Kier molecular flexibility index (Phi) is 6.49. The van der Waals surface area contributed by atoms with E-state index in [4.69, 9.17) is 13.9 Å². The van der Waals surface area contributed by atoms with Crippen LogP contribution in [0.2, 0.25) is 18.1 Å². The van der Waals surface area contributed by atoms with E-state index in [1.165, 1.54) is 0 Å². The van der Waals surface area contributed by atoms with Crippen molar-refractivity contribution in [3.8, 4) is 0 Å². The maximum absolute atomic E-state index is 12.0. The second-order valence-corrected chi connectivity index (χ2v) is 13.8. The summed E-state index contributed by atoms with van der Waals surface area (Å²) < 4.78 is 16.7. The summed E-state index contributed by atoms with van der Waals surface area (Å²) in [4.78, 5) is 23.6. The molecule has 1 fully saturated rings. The van der Waals surface area contributed by atoms with E-state index in [1.807, 2.05) is 0 Å². The molecule has 24 heavy (non-hydrogen) atoms. The number of ether oxygens (including phenoxy) is 2. The molecule has 1 aliphatic rings. The lowest BCUT2D eigenvalue weighted by Crippen LogP contribution is -2.51. The van der Waals surface area contributed by atoms with E-state index in [2.05, 4.69) is 39.2 Å². The Morgan fingerprint density at radius 3 is 2.33 bits per heavy atom. The Bertz CT molecular complexity index is 465. The predicted molar refractivity (Wildman–Crippen MR) is 95.4 cm³/mol. The van der Waals surface area contributed by atoms with Crippen LogP contribution in [0.5, 0.6) is 0 Å². The van der Waals surface area contributed by atoms with E-state index in [-0.39, 0.29) is 36.0 Å². The van der Waals surface area contributed by atoms with E-state index in [0.717, 1.165) is 0 Å². The highest BCUT2D eigenvalue weighted by Crippen LogP contribution is 2.37. The van der Waals surface area contributed by atoms with Crippen LogP contribution in [-0.4, -0.2) is 45.2 Å². The van der Waals surface area contributed by atoms with Gasteiger partial charge in [-0.2, -0.15) is 0 Å². The van der Waals surface area contributed by atoms with Gasteiger partial charge in [0.05, 0.1) is 19.1 Å². The normalized spacial score (nSPS) is 22.8. The van der Waals surface area contributed by atoms with Crippen LogP contribution in [0, 0.1) is 5.92 Å². The van der Waals surface area contributed by atoms with Gasteiger partial charge in [0.25, 0.3) is 0 Å². The molecule has 0 saturated carbocycles. The molecule has 1 saturated heterocycles. The molecule has 0 aromatic carbocycles. The summed E-state index contributed by atoms with van der Waals surface area (Å²) in [5, 5.41) is 2.91. The SMILES string of the molecule is CC(C)(C)OC(=O)NC1CC(=O)OCC1CO[Si](C)(C)C(C)(C)C. The van der Waals surface area contributed by atoms with Gasteiger partial charge < -0.3 is 19.2 Å². The Morgan fingerprint density at radius 1 is 1.25 bits per heavy atom. The van der Waals surface area contributed by atoms with E-state index >= 15 is 0 Å². The van der Waals surface area contributed by atoms with Crippen molar-refractivity contribution in [1.82, 2.24) is 5.32 Å². The van der Waals surface area contributed by atoms with Gasteiger partial charge in [0.15, 0.2) is 8.32 Å². The lowest BCUT2D eigenvalue weighted by molar-refractivity contribution is -0.151. The van der Waals surface area contributed by atoms with Gasteiger partial charge in [-0.15, -0.1) is 0 Å².